The number of aromatic nitrogens is 3. The molecule has 0 aliphatic heterocycles. The van der Waals surface area contributed by atoms with E-state index in [1.165, 1.54) is 0 Å². The first-order valence-corrected chi connectivity index (χ1v) is 4.22. The normalized spacial score (nSPS) is 10.1. The fraction of sp³-hybridized carbons (Fsp3) is 0.100. The zero-order valence-corrected chi connectivity index (χ0v) is 7.71. The van der Waals surface area contributed by atoms with Gasteiger partial charge in [-0.05, 0) is 18.6 Å². The molecular formula is C10H9N3O. The van der Waals surface area contributed by atoms with Crippen molar-refractivity contribution in [1.29, 1.82) is 0 Å². The Hall–Kier alpha value is -1.97. The molecule has 14 heavy (non-hydrogen) atoms. The molecule has 0 atom stereocenters. The zero-order valence-electron chi connectivity index (χ0n) is 7.71. The predicted octanol–water partition coefficient (Wildman–Crippen LogP) is 1.39. The van der Waals surface area contributed by atoms with Crippen molar-refractivity contribution >= 4 is 6.29 Å². The van der Waals surface area contributed by atoms with Crippen LogP contribution in [-0.2, 0) is 0 Å². The van der Waals surface area contributed by atoms with Gasteiger partial charge in [-0.1, -0.05) is 12.1 Å². The molecule has 1 aromatic carbocycles. The van der Waals surface area contributed by atoms with Gasteiger partial charge in [-0.2, -0.15) is 0 Å². The SMILES string of the molecule is Cc1ccc(C=O)cc1-n1cnnc1. The number of nitrogens with zero attached hydrogens (tertiary/aromatic N) is 3. The number of carbonyl (C=O) groups is 1. The Morgan fingerprint density at radius 1 is 1.29 bits per heavy atom. The number of aryl methyl sites for hydroxylation is 1. The van der Waals surface area contributed by atoms with Gasteiger partial charge in [-0.15, -0.1) is 10.2 Å². The topological polar surface area (TPSA) is 47.8 Å². The fourth-order valence-electron chi connectivity index (χ4n) is 1.30. The monoisotopic (exact) mass is 187 g/mol. The van der Waals surface area contributed by atoms with Crippen LogP contribution in [-0.4, -0.2) is 21.1 Å². The quantitative estimate of drug-likeness (QED) is 0.667. The summed E-state index contributed by atoms with van der Waals surface area (Å²) >= 11 is 0. The Labute approximate surface area is 81.2 Å². The molecule has 0 amide bonds. The van der Waals surface area contributed by atoms with E-state index in [0.29, 0.717) is 5.56 Å². The van der Waals surface area contributed by atoms with Gasteiger partial charge < -0.3 is 0 Å². The summed E-state index contributed by atoms with van der Waals surface area (Å²) in [5.41, 5.74) is 2.66. The molecule has 1 heterocycles. The maximum atomic E-state index is 10.6. The van der Waals surface area contributed by atoms with Gasteiger partial charge in [-0.3, -0.25) is 9.36 Å². The van der Waals surface area contributed by atoms with Crippen molar-refractivity contribution in [1.82, 2.24) is 14.8 Å². The molecular weight excluding hydrogens is 178 g/mol. The Morgan fingerprint density at radius 2 is 2.00 bits per heavy atom. The summed E-state index contributed by atoms with van der Waals surface area (Å²) in [6, 6.07) is 5.50. The van der Waals surface area contributed by atoms with Crippen LogP contribution in [0.4, 0.5) is 0 Å². The van der Waals surface area contributed by atoms with Crippen LogP contribution in [0, 0.1) is 6.92 Å². The molecule has 2 rings (SSSR count). The molecule has 0 fully saturated rings. The molecule has 0 N–H and O–H groups in total. The molecule has 1 aromatic heterocycles. The second-order valence-electron chi connectivity index (χ2n) is 3.03. The van der Waals surface area contributed by atoms with Crippen LogP contribution in [0.25, 0.3) is 5.69 Å². The summed E-state index contributed by atoms with van der Waals surface area (Å²) in [5, 5.41) is 7.44. The summed E-state index contributed by atoms with van der Waals surface area (Å²) in [6.07, 6.45) is 4.04. The summed E-state index contributed by atoms with van der Waals surface area (Å²) in [5.74, 6) is 0. The number of benzene rings is 1. The Balaban J connectivity index is 2.57. The molecule has 0 saturated carbocycles. The van der Waals surface area contributed by atoms with E-state index in [1.54, 1.807) is 23.3 Å². The first kappa shape index (κ1) is 8.62. The van der Waals surface area contributed by atoms with Gasteiger partial charge in [0.05, 0.1) is 5.69 Å². The van der Waals surface area contributed by atoms with Crippen molar-refractivity contribution in [2.24, 2.45) is 0 Å². The number of aldehydes is 1. The van der Waals surface area contributed by atoms with Crippen LogP contribution >= 0.6 is 0 Å². The summed E-state index contributed by atoms with van der Waals surface area (Å²) in [4.78, 5) is 10.6. The molecule has 4 heteroatoms. The van der Waals surface area contributed by atoms with Crippen LogP contribution in [0.5, 0.6) is 0 Å². The fourth-order valence-corrected chi connectivity index (χ4v) is 1.30. The molecule has 4 nitrogen and oxygen atoms in total. The average Bonchev–Trinajstić information content (AvgIpc) is 2.71. The molecule has 0 bridgehead atoms. The third kappa shape index (κ3) is 1.42. The Morgan fingerprint density at radius 3 is 2.64 bits per heavy atom. The zero-order chi connectivity index (χ0) is 9.97. The first-order valence-electron chi connectivity index (χ1n) is 4.22. The van der Waals surface area contributed by atoms with E-state index in [4.69, 9.17) is 0 Å². The van der Waals surface area contributed by atoms with Crippen molar-refractivity contribution in [2.75, 3.05) is 0 Å². The molecule has 0 spiro atoms. The van der Waals surface area contributed by atoms with E-state index in [2.05, 4.69) is 10.2 Å². The van der Waals surface area contributed by atoms with Crippen molar-refractivity contribution in [2.45, 2.75) is 6.92 Å². The highest BCUT2D eigenvalue weighted by Gasteiger charge is 2.01. The van der Waals surface area contributed by atoms with Gasteiger partial charge in [0.15, 0.2) is 0 Å². The van der Waals surface area contributed by atoms with Crippen LogP contribution in [0.1, 0.15) is 15.9 Å². The lowest BCUT2D eigenvalue weighted by molar-refractivity contribution is 0.112. The Bertz CT molecular complexity index is 448. The number of rotatable bonds is 2. The van der Waals surface area contributed by atoms with Crippen LogP contribution in [0.2, 0.25) is 0 Å². The average molecular weight is 187 g/mol. The predicted molar refractivity (Wildman–Crippen MR) is 51.5 cm³/mol. The van der Waals surface area contributed by atoms with Crippen molar-refractivity contribution in [3.63, 3.8) is 0 Å². The van der Waals surface area contributed by atoms with Gasteiger partial charge in [0.25, 0.3) is 0 Å². The van der Waals surface area contributed by atoms with Gasteiger partial charge in [-0.25, -0.2) is 0 Å². The van der Waals surface area contributed by atoms with Crippen LogP contribution < -0.4 is 0 Å². The third-order valence-corrected chi connectivity index (χ3v) is 2.07. The lowest BCUT2D eigenvalue weighted by atomic mass is 10.1. The maximum Gasteiger partial charge on any atom is 0.150 e. The molecule has 0 radical (unpaired) electrons. The van der Waals surface area contributed by atoms with Gasteiger partial charge >= 0.3 is 0 Å². The Kier molecular flexibility index (Phi) is 2.10. The summed E-state index contributed by atoms with van der Waals surface area (Å²) < 4.78 is 1.78. The minimum Gasteiger partial charge on any atom is -0.298 e. The molecule has 2 aromatic rings. The lowest BCUT2D eigenvalue weighted by Crippen LogP contribution is -1.95. The highest BCUT2D eigenvalue weighted by molar-refractivity contribution is 5.76. The minimum atomic E-state index is 0.652. The van der Waals surface area contributed by atoms with E-state index in [1.807, 2.05) is 19.1 Å². The van der Waals surface area contributed by atoms with Crippen molar-refractivity contribution in [3.05, 3.63) is 42.0 Å². The second kappa shape index (κ2) is 3.41. The lowest BCUT2D eigenvalue weighted by Gasteiger charge is -2.05. The van der Waals surface area contributed by atoms with Crippen LogP contribution in [0.15, 0.2) is 30.9 Å². The molecule has 0 unspecified atom stereocenters. The molecule has 0 saturated heterocycles. The van der Waals surface area contributed by atoms with Gasteiger partial charge in [0.1, 0.15) is 18.9 Å². The number of hydrogen-bond acceptors (Lipinski definition) is 3. The maximum absolute atomic E-state index is 10.6. The van der Waals surface area contributed by atoms with E-state index < -0.39 is 0 Å². The largest absolute Gasteiger partial charge is 0.298 e. The first-order chi connectivity index (χ1) is 6.81. The minimum absolute atomic E-state index is 0.652. The molecule has 70 valence electrons. The highest BCUT2D eigenvalue weighted by Crippen LogP contribution is 2.14. The van der Waals surface area contributed by atoms with Gasteiger partial charge in [0.2, 0.25) is 0 Å². The highest BCUT2D eigenvalue weighted by atomic mass is 16.1. The second-order valence-corrected chi connectivity index (χ2v) is 3.03. The number of hydrogen-bond donors (Lipinski definition) is 0. The summed E-state index contributed by atoms with van der Waals surface area (Å²) in [6.45, 7) is 1.98. The van der Waals surface area contributed by atoms with Crippen LogP contribution in [0.3, 0.4) is 0 Å². The van der Waals surface area contributed by atoms with E-state index in [-0.39, 0.29) is 0 Å². The molecule has 0 aliphatic rings. The van der Waals surface area contributed by atoms with E-state index >= 15 is 0 Å². The molecule has 0 aliphatic carbocycles. The van der Waals surface area contributed by atoms with Crippen molar-refractivity contribution in [3.8, 4) is 5.69 Å². The number of carbonyl (C=O) groups excluding carboxylic acids is 1. The smallest absolute Gasteiger partial charge is 0.150 e. The van der Waals surface area contributed by atoms with Crippen molar-refractivity contribution < 1.29 is 4.79 Å². The standard InChI is InChI=1S/C10H9N3O/c1-8-2-3-9(5-14)4-10(8)13-6-11-12-7-13/h2-7H,1H3. The summed E-state index contributed by atoms with van der Waals surface area (Å²) in [7, 11) is 0. The van der Waals surface area contributed by atoms with E-state index in [9.17, 15) is 4.79 Å². The third-order valence-electron chi connectivity index (χ3n) is 2.07. The van der Waals surface area contributed by atoms with E-state index in [0.717, 1.165) is 17.5 Å². The van der Waals surface area contributed by atoms with Gasteiger partial charge in [0, 0.05) is 5.56 Å².